The van der Waals surface area contributed by atoms with Crippen LogP contribution in [0.25, 0.3) is 22.0 Å². The number of anilines is 2. The van der Waals surface area contributed by atoms with Crippen molar-refractivity contribution >= 4 is 28.1 Å². The van der Waals surface area contributed by atoms with Gasteiger partial charge in [-0.3, -0.25) is 9.59 Å². The van der Waals surface area contributed by atoms with Crippen molar-refractivity contribution in [2.45, 2.75) is 32.4 Å². The number of benzene rings is 3. The number of hydrogen-bond acceptors (Lipinski definition) is 6. The van der Waals surface area contributed by atoms with E-state index in [9.17, 15) is 19.1 Å². The van der Waals surface area contributed by atoms with E-state index < -0.39 is 11.4 Å². The molecule has 0 saturated heterocycles. The second kappa shape index (κ2) is 9.93. The average Bonchev–Trinajstić information content (AvgIpc) is 3.71. The Kier molecular flexibility index (Phi) is 6.52. The number of aromatic nitrogens is 2. The highest BCUT2D eigenvalue weighted by molar-refractivity contribution is 5.97. The standard InChI is InChI=1S/C28H27FN4O4/c1-3-37-21-10-11-22-23(15-21)28(36)32(31-27(22)17-5-4-6-18(29)13-17)16-26(35)33(19-7-8-19)20-9-12-24(30-2)25(34)14-20/h4-6,9-15,19,30,34H,3,7-8,16H2,1-2H3. The van der Waals surface area contributed by atoms with Crippen LogP contribution in [-0.2, 0) is 11.3 Å². The Labute approximate surface area is 212 Å². The summed E-state index contributed by atoms with van der Waals surface area (Å²) in [7, 11) is 1.70. The summed E-state index contributed by atoms with van der Waals surface area (Å²) in [6.45, 7) is 1.95. The van der Waals surface area contributed by atoms with Gasteiger partial charge in [-0.25, -0.2) is 9.07 Å². The van der Waals surface area contributed by atoms with Gasteiger partial charge in [-0.2, -0.15) is 5.10 Å². The van der Waals surface area contributed by atoms with E-state index >= 15 is 0 Å². The Morgan fingerprint density at radius 1 is 1.16 bits per heavy atom. The predicted octanol–water partition coefficient (Wildman–Crippen LogP) is 4.54. The lowest BCUT2D eigenvalue weighted by molar-refractivity contribution is -0.119. The predicted molar refractivity (Wildman–Crippen MR) is 141 cm³/mol. The molecule has 1 heterocycles. The molecule has 1 fully saturated rings. The fourth-order valence-electron chi connectivity index (χ4n) is 4.46. The molecule has 2 N–H and O–H groups in total. The van der Waals surface area contributed by atoms with Crippen LogP contribution in [0.2, 0.25) is 0 Å². The molecule has 8 nitrogen and oxygen atoms in total. The molecule has 1 aliphatic carbocycles. The zero-order valence-corrected chi connectivity index (χ0v) is 20.6. The third-order valence-corrected chi connectivity index (χ3v) is 6.34. The SMILES string of the molecule is CCOc1ccc2c(-c3cccc(F)c3)nn(CC(=O)N(c3ccc(NC)c(O)c3)C3CC3)c(=O)c2c1. The summed E-state index contributed by atoms with van der Waals surface area (Å²) in [5.74, 6) is -0.228. The van der Waals surface area contributed by atoms with Crippen LogP contribution in [-0.4, -0.2) is 40.5 Å². The number of rotatable bonds is 8. The monoisotopic (exact) mass is 502 g/mol. The molecule has 1 saturated carbocycles. The number of carbonyl (C=O) groups excluding carboxylic acids is 1. The van der Waals surface area contributed by atoms with Crippen molar-refractivity contribution in [2.75, 3.05) is 23.9 Å². The van der Waals surface area contributed by atoms with Crippen LogP contribution >= 0.6 is 0 Å². The van der Waals surface area contributed by atoms with Gasteiger partial charge in [0, 0.05) is 35.8 Å². The first-order valence-electron chi connectivity index (χ1n) is 12.2. The Morgan fingerprint density at radius 2 is 1.97 bits per heavy atom. The van der Waals surface area contributed by atoms with E-state index in [1.165, 1.54) is 18.2 Å². The molecule has 37 heavy (non-hydrogen) atoms. The van der Waals surface area contributed by atoms with E-state index in [0.717, 1.165) is 17.5 Å². The lowest BCUT2D eigenvalue weighted by Gasteiger charge is -2.24. The molecule has 0 aliphatic heterocycles. The van der Waals surface area contributed by atoms with E-state index in [0.29, 0.717) is 45.8 Å². The molecule has 0 radical (unpaired) electrons. The van der Waals surface area contributed by atoms with Gasteiger partial charge in [-0.05, 0) is 62.2 Å². The van der Waals surface area contributed by atoms with Crippen LogP contribution in [0.15, 0.2) is 65.5 Å². The number of halogens is 1. The fraction of sp³-hybridized carbons (Fsp3) is 0.250. The van der Waals surface area contributed by atoms with E-state index in [2.05, 4.69) is 10.4 Å². The van der Waals surface area contributed by atoms with Gasteiger partial charge in [-0.1, -0.05) is 12.1 Å². The van der Waals surface area contributed by atoms with Crippen LogP contribution in [0.1, 0.15) is 19.8 Å². The van der Waals surface area contributed by atoms with Crippen molar-refractivity contribution in [3.63, 3.8) is 0 Å². The summed E-state index contributed by atoms with van der Waals surface area (Å²) in [5.41, 5.74) is 1.51. The highest BCUT2D eigenvalue weighted by atomic mass is 19.1. The number of fused-ring (bicyclic) bond motifs is 1. The molecule has 0 unspecified atom stereocenters. The van der Waals surface area contributed by atoms with Crippen molar-refractivity contribution in [1.82, 2.24) is 9.78 Å². The third-order valence-electron chi connectivity index (χ3n) is 6.34. The van der Waals surface area contributed by atoms with Crippen LogP contribution in [0.3, 0.4) is 0 Å². The quantitative estimate of drug-likeness (QED) is 0.344. The van der Waals surface area contributed by atoms with Crippen molar-refractivity contribution in [3.05, 3.63) is 76.8 Å². The molecule has 0 bridgehead atoms. The minimum Gasteiger partial charge on any atom is -0.506 e. The largest absolute Gasteiger partial charge is 0.506 e. The third kappa shape index (κ3) is 4.84. The molecule has 5 rings (SSSR count). The van der Waals surface area contributed by atoms with E-state index in [1.54, 1.807) is 54.4 Å². The molecule has 4 aromatic rings. The Hall–Kier alpha value is -4.40. The molecule has 0 spiro atoms. The topological polar surface area (TPSA) is 96.7 Å². The number of nitrogens with one attached hydrogen (secondary N) is 1. The summed E-state index contributed by atoms with van der Waals surface area (Å²) in [6.07, 6.45) is 1.65. The summed E-state index contributed by atoms with van der Waals surface area (Å²) < 4.78 is 20.8. The first-order chi connectivity index (χ1) is 17.9. The lowest BCUT2D eigenvalue weighted by Crippen LogP contribution is -2.39. The first-order valence-corrected chi connectivity index (χ1v) is 12.2. The number of amides is 1. The maximum Gasteiger partial charge on any atom is 0.275 e. The number of phenolic OH excluding ortho intramolecular Hbond substituents is 1. The molecular weight excluding hydrogens is 475 g/mol. The van der Waals surface area contributed by atoms with Gasteiger partial charge in [0.05, 0.1) is 23.4 Å². The first kappa shape index (κ1) is 24.3. The number of aromatic hydroxyl groups is 1. The normalized spacial score (nSPS) is 12.9. The maximum absolute atomic E-state index is 14.1. The van der Waals surface area contributed by atoms with E-state index in [1.807, 2.05) is 6.92 Å². The van der Waals surface area contributed by atoms with Crippen molar-refractivity contribution < 1.29 is 19.0 Å². The number of ether oxygens (including phenoxy) is 1. The average molecular weight is 503 g/mol. The van der Waals surface area contributed by atoms with Crippen LogP contribution < -0.4 is 20.5 Å². The van der Waals surface area contributed by atoms with Crippen LogP contribution in [0.4, 0.5) is 15.8 Å². The lowest BCUT2D eigenvalue weighted by atomic mass is 10.0. The van der Waals surface area contributed by atoms with Gasteiger partial charge in [0.2, 0.25) is 5.91 Å². The second-order valence-corrected chi connectivity index (χ2v) is 8.91. The van der Waals surface area contributed by atoms with Gasteiger partial charge in [0.1, 0.15) is 23.9 Å². The molecule has 0 atom stereocenters. The van der Waals surface area contributed by atoms with Crippen molar-refractivity contribution in [3.8, 4) is 22.8 Å². The molecule has 3 aromatic carbocycles. The maximum atomic E-state index is 14.1. The number of carbonyl (C=O) groups is 1. The molecule has 9 heteroatoms. The molecular formula is C28H27FN4O4. The Bertz CT molecular complexity index is 1550. The number of nitrogens with zero attached hydrogens (tertiary/aromatic N) is 3. The zero-order valence-electron chi connectivity index (χ0n) is 20.6. The molecule has 1 amide bonds. The van der Waals surface area contributed by atoms with Crippen LogP contribution in [0.5, 0.6) is 11.5 Å². The smallest absolute Gasteiger partial charge is 0.275 e. The molecule has 190 valence electrons. The summed E-state index contributed by atoms with van der Waals surface area (Å²) >= 11 is 0. The van der Waals surface area contributed by atoms with Gasteiger partial charge in [-0.15, -0.1) is 0 Å². The second-order valence-electron chi connectivity index (χ2n) is 8.91. The van der Waals surface area contributed by atoms with Crippen molar-refractivity contribution in [2.24, 2.45) is 0 Å². The highest BCUT2D eigenvalue weighted by Gasteiger charge is 2.34. The summed E-state index contributed by atoms with van der Waals surface area (Å²) in [6, 6.07) is 16.0. The van der Waals surface area contributed by atoms with E-state index in [-0.39, 0.29) is 24.2 Å². The van der Waals surface area contributed by atoms with Crippen molar-refractivity contribution in [1.29, 1.82) is 0 Å². The number of phenols is 1. The zero-order chi connectivity index (χ0) is 26.1. The molecule has 1 aromatic heterocycles. The summed E-state index contributed by atoms with van der Waals surface area (Å²) in [4.78, 5) is 28.7. The van der Waals surface area contributed by atoms with Gasteiger partial charge >= 0.3 is 0 Å². The fourth-order valence-corrected chi connectivity index (χ4v) is 4.46. The number of hydrogen-bond donors (Lipinski definition) is 2. The van der Waals surface area contributed by atoms with Crippen LogP contribution in [0, 0.1) is 5.82 Å². The Balaban J connectivity index is 1.59. The van der Waals surface area contributed by atoms with Gasteiger partial charge in [0.25, 0.3) is 5.56 Å². The van der Waals surface area contributed by atoms with Gasteiger partial charge < -0.3 is 20.1 Å². The van der Waals surface area contributed by atoms with E-state index in [4.69, 9.17) is 4.74 Å². The Morgan fingerprint density at radius 3 is 2.65 bits per heavy atom. The highest BCUT2D eigenvalue weighted by Crippen LogP contribution is 2.36. The molecule has 1 aliphatic rings. The minimum atomic E-state index is -0.450. The van der Waals surface area contributed by atoms with Gasteiger partial charge in [0.15, 0.2) is 0 Å². The summed E-state index contributed by atoms with van der Waals surface area (Å²) in [5, 5.41) is 18.6. The minimum absolute atomic E-state index is 0.0178.